The fourth-order valence-electron chi connectivity index (χ4n) is 1.69. The summed E-state index contributed by atoms with van der Waals surface area (Å²) in [6.45, 7) is 6.29. The van der Waals surface area contributed by atoms with Gasteiger partial charge in [-0.15, -0.1) is 0 Å². The second-order valence-corrected chi connectivity index (χ2v) is 3.40. The van der Waals surface area contributed by atoms with Gasteiger partial charge in [0.25, 0.3) is 0 Å². The average molecular weight is 190 g/mol. The molecule has 0 bridgehead atoms. The summed E-state index contributed by atoms with van der Waals surface area (Å²) in [4.78, 5) is 0. The highest BCUT2D eigenvalue weighted by molar-refractivity contribution is 5.61. The van der Waals surface area contributed by atoms with Crippen molar-refractivity contribution in [2.75, 3.05) is 7.11 Å². The van der Waals surface area contributed by atoms with Gasteiger partial charge in [0.05, 0.1) is 7.11 Å². The zero-order valence-corrected chi connectivity index (χ0v) is 9.42. The molecule has 0 fully saturated rings. The molecule has 1 aromatic carbocycles. The van der Waals surface area contributed by atoms with Crippen LogP contribution in [0, 0.1) is 6.92 Å². The number of allylic oxidation sites excluding steroid dienone is 1. The summed E-state index contributed by atoms with van der Waals surface area (Å²) in [6.07, 6.45) is 5.14. The third-order valence-corrected chi connectivity index (χ3v) is 2.27. The van der Waals surface area contributed by atoms with Crippen LogP contribution in [-0.2, 0) is 6.42 Å². The largest absolute Gasteiger partial charge is 0.496 e. The molecule has 0 aliphatic carbocycles. The Morgan fingerprint density at radius 2 is 2.07 bits per heavy atom. The number of hydrogen-bond acceptors (Lipinski definition) is 1. The van der Waals surface area contributed by atoms with Crippen LogP contribution in [0.5, 0.6) is 5.75 Å². The zero-order valence-electron chi connectivity index (χ0n) is 9.42. The first-order valence-electron chi connectivity index (χ1n) is 5.03. The van der Waals surface area contributed by atoms with E-state index in [0.717, 1.165) is 12.2 Å². The van der Waals surface area contributed by atoms with Crippen LogP contribution in [0.3, 0.4) is 0 Å². The Labute approximate surface area is 86.4 Å². The van der Waals surface area contributed by atoms with Gasteiger partial charge in [-0.05, 0) is 37.5 Å². The number of benzene rings is 1. The predicted octanol–water partition coefficient (Wildman–Crippen LogP) is 3.60. The quantitative estimate of drug-likeness (QED) is 0.707. The molecule has 1 heteroatoms. The molecule has 1 rings (SSSR count). The summed E-state index contributed by atoms with van der Waals surface area (Å²) >= 11 is 0. The first-order chi connectivity index (χ1) is 6.72. The van der Waals surface area contributed by atoms with Crippen LogP contribution in [0.25, 0.3) is 6.08 Å². The van der Waals surface area contributed by atoms with Crippen molar-refractivity contribution >= 4 is 6.08 Å². The molecule has 0 N–H and O–H groups in total. The summed E-state index contributed by atoms with van der Waals surface area (Å²) in [6, 6.07) is 4.34. The van der Waals surface area contributed by atoms with Crippen molar-refractivity contribution in [1.29, 1.82) is 0 Å². The topological polar surface area (TPSA) is 9.23 Å². The van der Waals surface area contributed by atoms with E-state index < -0.39 is 0 Å². The summed E-state index contributed by atoms with van der Waals surface area (Å²) in [5.41, 5.74) is 3.74. The van der Waals surface area contributed by atoms with Gasteiger partial charge >= 0.3 is 0 Å². The van der Waals surface area contributed by atoms with E-state index in [2.05, 4.69) is 32.1 Å². The molecule has 0 aliphatic heterocycles. The van der Waals surface area contributed by atoms with E-state index >= 15 is 0 Å². The Bertz CT molecular complexity index is 337. The highest BCUT2D eigenvalue weighted by atomic mass is 16.5. The van der Waals surface area contributed by atoms with E-state index in [0.29, 0.717) is 0 Å². The van der Waals surface area contributed by atoms with Crippen molar-refractivity contribution in [2.45, 2.75) is 27.2 Å². The molecule has 0 spiro atoms. The summed E-state index contributed by atoms with van der Waals surface area (Å²) in [5, 5.41) is 0. The molecule has 0 saturated heterocycles. The van der Waals surface area contributed by atoms with E-state index in [4.69, 9.17) is 4.74 Å². The molecule has 1 aromatic rings. The molecule has 0 amide bonds. The maximum Gasteiger partial charge on any atom is 0.129 e. The van der Waals surface area contributed by atoms with E-state index in [9.17, 15) is 0 Å². The minimum atomic E-state index is 1.01. The molecule has 0 unspecified atom stereocenters. The monoisotopic (exact) mass is 190 g/mol. The lowest BCUT2D eigenvalue weighted by atomic mass is 10.0. The van der Waals surface area contributed by atoms with Crippen LogP contribution in [0.1, 0.15) is 30.5 Å². The van der Waals surface area contributed by atoms with Crippen LogP contribution >= 0.6 is 0 Å². The predicted molar refractivity (Wildman–Crippen MR) is 61.8 cm³/mol. The van der Waals surface area contributed by atoms with Gasteiger partial charge in [0.15, 0.2) is 0 Å². The molecule has 0 heterocycles. The molecular weight excluding hydrogens is 172 g/mol. The number of hydrogen-bond donors (Lipinski definition) is 0. The van der Waals surface area contributed by atoms with Gasteiger partial charge in [-0.3, -0.25) is 0 Å². The highest BCUT2D eigenvalue weighted by Gasteiger charge is 2.06. The lowest BCUT2D eigenvalue weighted by Crippen LogP contribution is -1.94. The molecule has 0 saturated carbocycles. The number of ether oxygens (including phenoxy) is 1. The fraction of sp³-hybridized carbons (Fsp3) is 0.385. The molecule has 0 atom stereocenters. The molecule has 14 heavy (non-hydrogen) atoms. The van der Waals surface area contributed by atoms with Gasteiger partial charge in [-0.2, -0.15) is 0 Å². The first kappa shape index (κ1) is 10.8. The van der Waals surface area contributed by atoms with Gasteiger partial charge in [0.1, 0.15) is 5.75 Å². The Balaban J connectivity index is 3.31. The minimum Gasteiger partial charge on any atom is -0.496 e. The van der Waals surface area contributed by atoms with Crippen molar-refractivity contribution in [3.8, 4) is 5.75 Å². The molecular formula is C13H18O. The van der Waals surface area contributed by atoms with Crippen LogP contribution in [-0.4, -0.2) is 7.11 Å². The Hall–Kier alpha value is -1.24. The van der Waals surface area contributed by atoms with Crippen LogP contribution in [0.4, 0.5) is 0 Å². The highest BCUT2D eigenvalue weighted by Crippen LogP contribution is 2.27. The minimum absolute atomic E-state index is 1.01. The average Bonchev–Trinajstić information content (AvgIpc) is 2.17. The Morgan fingerprint density at radius 3 is 2.57 bits per heavy atom. The first-order valence-corrected chi connectivity index (χ1v) is 5.03. The molecule has 1 nitrogen and oxygen atoms in total. The SMILES string of the molecule is CC=Cc1cc(C)cc(CC)c1OC. The van der Waals surface area contributed by atoms with Crippen LogP contribution in [0.2, 0.25) is 0 Å². The van der Waals surface area contributed by atoms with Gasteiger partial charge in [-0.25, -0.2) is 0 Å². The van der Waals surface area contributed by atoms with E-state index in [-0.39, 0.29) is 0 Å². The van der Waals surface area contributed by atoms with E-state index in [1.807, 2.05) is 13.0 Å². The van der Waals surface area contributed by atoms with Crippen LogP contribution < -0.4 is 4.74 Å². The maximum atomic E-state index is 5.42. The maximum absolute atomic E-state index is 5.42. The lowest BCUT2D eigenvalue weighted by molar-refractivity contribution is 0.409. The summed E-state index contributed by atoms with van der Waals surface area (Å²) in [7, 11) is 1.73. The Kier molecular flexibility index (Phi) is 3.75. The molecule has 0 aromatic heterocycles. The number of rotatable bonds is 3. The van der Waals surface area contributed by atoms with Gasteiger partial charge in [-0.1, -0.05) is 25.1 Å². The molecule has 76 valence electrons. The van der Waals surface area contributed by atoms with Crippen molar-refractivity contribution < 1.29 is 4.74 Å². The van der Waals surface area contributed by atoms with Crippen molar-refractivity contribution in [1.82, 2.24) is 0 Å². The smallest absolute Gasteiger partial charge is 0.129 e. The third kappa shape index (κ3) is 2.16. The number of aryl methyl sites for hydroxylation is 2. The van der Waals surface area contributed by atoms with Gasteiger partial charge in [0, 0.05) is 5.56 Å². The number of methoxy groups -OCH3 is 1. The normalized spacial score (nSPS) is 10.9. The second-order valence-electron chi connectivity index (χ2n) is 3.40. The van der Waals surface area contributed by atoms with Crippen molar-refractivity contribution in [2.24, 2.45) is 0 Å². The van der Waals surface area contributed by atoms with Crippen molar-refractivity contribution in [3.05, 3.63) is 34.9 Å². The molecule has 0 radical (unpaired) electrons. The van der Waals surface area contributed by atoms with Crippen LogP contribution in [0.15, 0.2) is 18.2 Å². The molecule has 0 aliphatic rings. The summed E-state index contributed by atoms with van der Waals surface area (Å²) < 4.78 is 5.42. The van der Waals surface area contributed by atoms with Crippen molar-refractivity contribution in [3.63, 3.8) is 0 Å². The van der Waals surface area contributed by atoms with E-state index in [1.165, 1.54) is 16.7 Å². The summed E-state index contributed by atoms with van der Waals surface area (Å²) in [5.74, 6) is 1.01. The second kappa shape index (κ2) is 4.85. The Morgan fingerprint density at radius 1 is 1.36 bits per heavy atom. The van der Waals surface area contributed by atoms with E-state index in [1.54, 1.807) is 7.11 Å². The fourth-order valence-corrected chi connectivity index (χ4v) is 1.69. The van der Waals surface area contributed by atoms with Gasteiger partial charge < -0.3 is 4.74 Å². The van der Waals surface area contributed by atoms with Gasteiger partial charge in [0.2, 0.25) is 0 Å². The lowest BCUT2D eigenvalue weighted by Gasteiger charge is -2.11. The third-order valence-electron chi connectivity index (χ3n) is 2.27. The zero-order chi connectivity index (χ0) is 10.6. The standard InChI is InChI=1S/C13H18O/c1-5-7-12-9-10(3)8-11(6-2)13(12)14-4/h5,7-9H,6H2,1-4H3.